The highest BCUT2D eigenvalue weighted by molar-refractivity contribution is 9.10. The summed E-state index contributed by atoms with van der Waals surface area (Å²) in [5.41, 5.74) is 1.22. The number of aliphatic hydroxyl groups excluding tert-OH is 1. The van der Waals surface area contributed by atoms with Gasteiger partial charge in [0.15, 0.2) is 0 Å². The van der Waals surface area contributed by atoms with E-state index in [-0.39, 0.29) is 6.10 Å². The molecule has 0 heterocycles. The SMILES string of the molecule is CCC1CCC(C(O)Cc2ccccc2Br)CC1. The van der Waals surface area contributed by atoms with Crippen LogP contribution in [0.1, 0.15) is 44.6 Å². The predicted octanol–water partition coefficient (Wildman–Crippen LogP) is 4.57. The summed E-state index contributed by atoms with van der Waals surface area (Å²) >= 11 is 3.56. The summed E-state index contributed by atoms with van der Waals surface area (Å²) in [6.45, 7) is 2.28. The van der Waals surface area contributed by atoms with Crippen LogP contribution in [0, 0.1) is 11.8 Å². The highest BCUT2D eigenvalue weighted by Gasteiger charge is 2.25. The van der Waals surface area contributed by atoms with Crippen LogP contribution >= 0.6 is 15.9 Å². The van der Waals surface area contributed by atoms with E-state index < -0.39 is 0 Å². The van der Waals surface area contributed by atoms with Gasteiger partial charge in [0.1, 0.15) is 0 Å². The number of hydrogen-bond donors (Lipinski definition) is 1. The number of benzene rings is 1. The number of rotatable bonds is 4. The first-order valence-corrected chi connectivity index (χ1v) is 7.91. The highest BCUT2D eigenvalue weighted by atomic mass is 79.9. The van der Waals surface area contributed by atoms with Crippen molar-refractivity contribution >= 4 is 15.9 Å². The fraction of sp³-hybridized carbons (Fsp3) is 0.625. The zero-order chi connectivity index (χ0) is 13.0. The van der Waals surface area contributed by atoms with Crippen molar-refractivity contribution in [1.29, 1.82) is 0 Å². The van der Waals surface area contributed by atoms with Gasteiger partial charge in [0.05, 0.1) is 6.10 Å². The van der Waals surface area contributed by atoms with Gasteiger partial charge >= 0.3 is 0 Å². The van der Waals surface area contributed by atoms with Crippen molar-refractivity contribution < 1.29 is 5.11 Å². The molecule has 1 fully saturated rings. The van der Waals surface area contributed by atoms with E-state index in [1.165, 1.54) is 37.7 Å². The molecule has 2 heteroatoms. The molecule has 1 aliphatic carbocycles. The Kier molecular flexibility index (Phi) is 5.25. The fourth-order valence-corrected chi connectivity index (χ4v) is 3.48. The maximum atomic E-state index is 10.4. The smallest absolute Gasteiger partial charge is 0.0609 e. The lowest BCUT2D eigenvalue weighted by Crippen LogP contribution is -2.27. The van der Waals surface area contributed by atoms with Crippen molar-refractivity contribution in [3.05, 3.63) is 34.3 Å². The minimum atomic E-state index is -0.179. The standard InChI is InChI=1S/C16H23BrO/c1-2-12-7-9-13(10-8-12)16(18)11-14-5-3-4-6-15(14)17/h3-6,12-13,16,18H,2,7-11H2,1H3. The number of hydrogen-bond acceptors (Lipinski definition) is 1. The second-order valence-corrected chi connectivity index (χ2v) is 6.41. The fourth-order valence-electron chi connectivity index (χ4n) is 3.04. The molecule has 1 aromatic carbocycles. The summed E-state index contributed by atoms with van der Waals surface area (Å²) in [5.74, 6) is 1.40. The number of aliphatic hydroxyl groups is 1. The molecule has 1 nitrogen and oxygen atoms in total. The van der Waals surface area contributed by atoms with Crippen LogP contribution in [0.4, 0.5) is 0 Å². The first kappa shape index (κ1) is 14.1. The van der Waals surface area contributed by atoms with Gasteiger partial charge in [-0.15, -0.1) is 0 Å². The molecule has 1 atom stereocenters. The molecule has 18 heavy (non-hydrogen) atoms. The molecule has 0 amide bonds. The Morgan fingerprint density at radius 3 is 2.50 bits per heavy atom. The number of halogens is 1. The Morgan fingerprint density at radius 2 is 1.89 bits per heavy atom. The van der Waals surface area contributed by atoms with Crippen molar-refractivity contribution in [3.8, 4) is 0 Å². The van der Waals surface area contributed by atoms with Gasteiger partial charge in [0, 0.05) is 4.47 Å². The molecule has 0 spiro atoms. The van der Waals surface area contributed by atoms with Crippen molar-refractivity contribution in [2.45, 2.75) is 51.6 Å². The zero-order valence-electron chi connectivity index (χ0n) is 11.1. The summed E-state index contributed by atoms with van der Waals surface area (Å²) in [6, 6.07) is 8.22. The van der Waals surface area contributed by atoms with Gasteiger partial charge in [0.2, 0.25) is 0 Å². The van der Waals surface area contributed by atoms with Gasteiger partial charge in [-0.3, -0.25) is 0 Å². The zero-order valence-corrected chi connectivity index (χ0v) is 12.7. The molecule has 0 radical (unpaired) electrons. The first-order chi connectivity index (χ1) is 8.70. The first-order valence-electron chi connectivity index (χ1n) is 7.12. The molecule has 1 N–H and O–H groups in total. The van der Waals surface area contributed by atoms with E-state index in [2.05, 4.69) is 35.0 Å². The Morgan fingerprint density at radius 1 is 1.22 bits per heavy atom. The van der Waals surface area contributed by atoms with Gasteiger partial charge < -0.3 is 5.11 Å². The lowest BCUT2D eigenvalue weighted by molar-refractivity contribution is 0.0734. The van der Waals surface area contributed by atoms with Gasteiger partial charge in [-0.05, 0) is 42.7 Å². The van der Waals surface area contributed by atoms with Crippen molar-refractivity contribution in [3.63, 3.8) is 0 Å². The van der Waals surface area contributed by atoms with Crippen molar-refractivity contribution in [2.75, 3.05) is 0 Å². The van der Waals surface area contributed by atoms with Crippen LogP contribution < -0.4 is 0 Å². The van der Waals surface area contributed by atoms with Crippen molar-refractivity contribution in [2.24, 2.45) is 11.8 Å². The summed E-state index contributed by atoms with van der Waals surface area (Å²) in [7, 11) is 0. The normalized spacial score (nSPS) is 25.9. The van der Waals surface area contributed by atoms with Crippen LogP contribution in [0.25, 0.3) is 0 Å². The van der Waals surface area contributed by atoms with Crippen molar-refractivity contribution in [1.82, 2.24) is 0 Å². The third-order valence-corrected chi connectivity index (χ3v) is 5.17. The molecule has 0 aliphatic heterocycles. The Hall–Kier alpha value is -0.340. The third-order valence-electron chi connectivity index (χ3n) is 4.40. The summed E-state index contributed by atoms with van der Waals surface area (Å²) < 4.78 is 1.12. The van der Waals surface area contributed by atoms with E-state index in [4.69, 9.17) is 0 Å². The van der Waals surface area contributed by atoms with E-state index >= 15 is 0 Å². The largest absolute Gasteiger partial charge is 0.392 e. The Bertz CT molecular complexity index is 369. The lowest BCUT2D eigenvalue weighted by Gasteiger charge is -2.31. The van der Waals surface area contributed by atoms with Crippen LogP contribution in [0.5, 0.6) is 0 Å². The summed E-state index contributed by atoms with van der Waals surface area (Å²) in [4.78, 5) is 0. The van der Waals surface area contributed by atoms with E-state index in [0.29, 0.717) is 5.92 Å². The van der Waals surface area contributed by atoms with Gasteiger partial charge in [0.25, 0.3) is 0 Å². The maximum absolute atomic E-state index is 10.4. The van der Waals surface area contributed by atoms with Gasteiger partial charge in [-0.1, -0.05) is 60.3 Å². The van der Waals surface area contributed by atoms with E-state index in [1.807, 2.05) is 12.1 Å². The minimum Gasteiger partial charge on any atom is -0.392 e. The molecule has 100 valence electrons. The van der Waals surface area contributed by atoms with Gasteiger partial charge in [-0.2, -0.15) is 0 Å². The molecule has 1 aliphatic rings. The highest BCUT2D eigenvalue weighted by Crippen LogP contribution is 2.33. The van der Waals surface area contributed by atoms with E-state index in [1.54, 1.807) is 0 Å². The van der Waals surface area contributed by atoms with Crippen LogP contribution in [0.2, 0.25) is 0 Å². The molecule has 1 aromatic rings. The molecular formula is C16H23BrO. The average Bonchev–Trinajstić information content (AvgIpc) is 2.41. The van der Waals surface area contributed by atoms with E-state index in [9.17, 15) is 5.11 Å². The molecule has 0 bridgehead atoms. The summed E-state index contributed by atoms with van der Waals surface area (Å²) in [5, 5.41) is 10.4. The quantitative estimate of drug-likeness (QED) is 0.863. The Labute approximate surface area is 119 Å². The second-order valence-electron chi connectivity index (χ2n) is 5.55. The molecule has 1 saturated carbocycles. The van der Waals surface area contributed by atoms with E-state index in [0.717, 1.165) is 16.8 Å². The summed E-state index contributed by atoms with van der Waals surface area (Å²) in [6.07, 6.45) is 6.90. The van der Waals surface area contributed by atoms with Crippen LogP contribution in [0.3, 0.4) is 0 Å². The lowest BCUT2D eigenvalue weighted by atomic mass is 9.77. The predicted molar refractivity (Wildman–Crippen MR) is 79.6 cm³/mol. The molecule has 0 saturated heterocycles. The molecular weight excluding hydrogens is 288 g/mol. The molecule has 2 rings (SSSR count). The molecule has 0 aromatic heterocycles. The van der Waals surface area contributed by atoms with Crippen LogP contribution in [-0.2, 0) is 6.42 Å². The maximum Gasteiger partial charge on any atom is 0.0609 e. The second kappa shape index (κ2) is 6.72. The molecule has 1 unspecified atom stereocenters. The van der Waals surface area contributed by atoms with Crippen LogP contribution in [-0.4, -0.2) is 11.2 Å². The van der Waals surface area contributed by atoms with Gasteiger partial charge in [-0.25, -0.2) is 0 Å². The van der Waals surface area contributed by atoms with Crippen LogP contribution in [0.15, 0.2) is 28.7 Å². The topological polar surface area (TPSA) is 20.2 Å². The average molecular weight is 311 g/mol. The monoisotopic (exact) mass is 310 g/mol. The third kappa shape index (κ3) is 3.58. The minimum absolute atomic E-state index is 0.179. The Balaban J connectivity index is 1.89.